The Balaban J connectivity index is 0.00000127. The van der Waals surface area contributed by atoms with Gasteiger partial charge in [0.15, 0.2) is 5.84 Å². The number of aliphatic imine (C=N–C) groups is 2. The standard InChI is InChI=1S/C32H31N3.2C2H6/c1-6-10-27-22(4)19-30(29-12-9-8-11-28(27)29)25-17-15-24(16-18-25)21(3)13-14-26-20-23(7-2)32(34-5)35-31(26)33;2*1-2/h6-20H,3H2,1-2,4-5H3,(H2,33,34,35);2*1-2H3/b10-6-,14-13-,23-7-;;. The highest BCUT2D eigenvalue weighted by atomic mass is 15.0. The van der Waals surface area contributed by atoms with Crippen LogP contribution in [0.4, 0.5) is 0 Å². The highest BCUT2D eigenvalue weighted by molar-refractivity contribution is 6.17. The summed E-state index contributed by atoms with van der Waals surface area (Å²) >= 11 is 0. The number of aryl methyl sites for hydroxylation is 1. The third-order valence-corrected chi connectivity index (χ3v) is 6.27. The number of nitrogens with two attached hydrogens (primary N) is 1. The van der Waals surface area contributed by atoms with Gasteiger partial charge in [-0.1, -0.05) is 119 Å². The molecule has 2 N–H and O–H groups in total. The number of allylic oxidation sites excluding steroid dienone is 4. The Morgan fingerprint density at radius 1 is 0.923 bits per heavy atom. The Labute approximate surface area is 235 Å². The van der Waals surface area contributed by atoms with Gasteiger partial charge in [0, 0.05) is 18.2 Å². The van der Waals surface area contributed by atoms with Crippen LogP contribution in [0.5, 0.6) is 0 Å². The highest BCUT2D eigenvalue weighted by Gasteiger charge is 2.13. The average molecular weight is 518 g/mol. The molecule has 0 fully saturated rings. The van der Waals surface area contributed by atoms with E-state index in [4.69, 9.17) is 5.73 Å². The van der Waals surface area contributed by atoms with Crippen molar-refractivity contribution in [1.82, 2.24) is 0 Å². The molecule has 4 rings (SSSR count). The second-order valence-electron chi connectivity index (χ2n) is 8.52. The van der Waals surface area contributed by atoms with E-state index in [1.54, 1.807) is 7.05 Å². The molecule has 0 spiro atoms. The molecule has 3 heteroatoms. The number of rotatable bonds is 5. The lowest BCUT2D eigenvalue weighted by atomic mass is 9.91. The molecule has 0 bridgehead atoms. The molecule has 39 heavy (non-hydrogen) atoms. The summed E-state index contributed by atoms with van der Waals surface area (Å²) in [6.07, 6.45) is 12.2. The Morgan fingerprint density at radius 3 is 2.15 bits per heavy atom. The Morgan fingerprint density at radius 2 is 1.56 bits per heavy atom. The first-order chi connectivity index (χ1) is 19.0. The molecule has 3 aromatic carbocycles. The fraction of sp³-hybridized carbons (Fsp3) is 0.222. The molecule has 0 saturated carbocycles. The summed E-state index contributed by atoms with van der Waals surface area (Å²) in [5, 5.41) is 2.53. The molecule has 0 aromatic heterocycles. The molecule has 0 saturated heterocycles. The predicted molar refractivity (Wildman–Crippen MR) is 177 cm³/mol. The molecule has 0 atom stereocenters. The first kappa shape index (κ1) is 31.0. The quantitative estimate of drug-likeness (QED) is 0.336. The number of hydrogen-bond acceptors (Lipinski definition) is 2. The SMILES string of the molecule is C=C(/C=C\C1=CC(=C/C)/C(=NC)N=C1N)c1ccc(-c2cc(C)c(/C=C\C)c3ccccc23)cc1.CC.CC. The van der Waals surface area contributed by atoms with Gasteiger partial charge in [-0.25, -0.2) is 4.99 Å². The summed E-state index contributed by atoms with van der Waals surface area (Å²) in [4.78, 5) is 8.59. The van der Waals surface area contributed by atoms with E-state index in [1.165, 1.54) is 33.0 Å². The number of fused-ring (bicyclic) bond motifs is 1. The zero-order valence-electron chi connectivity index (χ0n) is 24.8. The van der Waals surface area contributed by atoms with Gasteiger partial charge >= 0.3 is 0 Å². The van der Waals surface area contributed by atoms with Gasteiger partial charge in [-0.15, -0.1) is 0 Å². The Kier molecular flexibility index (Phi) is 12.1. The van der Waals surface area contributed by atoms with Crippen LogP contribution in [0.1, 0.15) is 58.2 Å². The van der Waals surface area contributed by atoms with E-state index in [0.29, 0.717) is 11.7 Å². The molecular formula is C36H43N3. The normalized spacial score (nSPS) is 15.1. The van der Waals surface area contributed by atoms with Crippen LogP contribution in [-0.2, 0) is 0 Å². The zero-order valence-corrected chi connectivity index (χ0v) is 24.8. The minimum atomic E-state index is 0.458. The van der Waals surface area contributed by atoms with E-state index < -0.39 is 0 Å². The number of amidine groups is 2. The highest BCUT2D eigenvalue weighted by Crippen LogP contribution is 2.34. The van der Waals surface area contributed by atoms with Crippen LogP contribution in [-0.4, -0.2) is 18.7 Å². The van der Waals surface area contributed by atoms with Gasteiger partial charge in [0.05, 0.1) is 0 Å². The van der Waals surface area contributed by atoms with Crippen LogP contribution < -0.4 is 5.73 Å². The van der Waals surface area contributed by atoms with Crippen LogP contribution in [0.15, 0.2) is 113 Å². The summed E-state index contributed by atoms with van der Waals surface area (Å²) in [6, 6.07) is 19.5. The number of nitrogens with zero attached hydrogens (tertiary/aromatic N) is 2. The van der Waals surface area contributed by atoms with E-state index in [0.717, 1.165) is 22.3 Å². The van der Waals surface area contributed by atoms with Crippen LogP contribution in [0.2, 0.25) is 0 Å². The second-order valence-corrected chi connectivity index (χ2v) is 8.52. The molecule has 3 nitrogen and oxygen atoms in total. The fourth-order valence-corrected chi connectivity index (χ4v) is 4.39. The molecule has 1 aliphatic rings. The van der Waals surface area contributed by atoms with Crippen molar-refractivity contribution in [3.63, 3.8) is 0 Å². The third kappa shape index (κ3) is 7.20. The third-order valence-electron chi connectivity index (χ3n) is 6.27. The number of dihydropyridines is 1. The van der Waals surface area contributed by atoms with E-state index in [1.807, 2.05) is 58.9 Å². The van der Waals surface area contributed by atoms with Crippen LogP contribution >= 0.6 is 0 Å². The summed E-state index contributed by atoms with van der Waals surface area (Å²) in [6.45, 7) is 18.5. The number of benzene rings is 3. The smallest absolute Gasteiger partial charge is 0.156 e. The van der Waals surface area contributed by atoms with E-state index in [2.05, 4.69) is 97.2 Å². The maximum absolute atomic E-state index is 6.15. The van der Waals surface area contributed by atoms with Crippen LogP contribution in [0.3, 0.4) is 0 Å². The topological polar surface area (TPSA) is 50.7 Å². The first-order valence-electron chi connectivity index (χ1n) is 13.8. The minimum absolute atomic E-state index is 0.458. The lowest BCUT2D eigenvalue weighted by Crippen LogP contribution is -2.21. The van der Waals surface area contributed by atoms with Crippen molar-refractivity contribution in [2.24, 2.45) is 15.7 Å². The molecule has 1 heterocycles. The van der Waals surface area contributed by atoms with Gasteiger partial charge < -0.3 is 5.73 Å². The van der Waals surface area contributed by atoms with Crippen molar-refractivity contribution in [3.05, 3.63) is 119 Å². The molecule has 0 amide bonds. The summed E-state index contributed by atoms with van der Waals surface area (Å²) in [5.41, 5.74) is 14.9. The minimum Gasteiger partial charge on any atom is -0.383 e. The summed E-state index contributed by atoms with van der Waals surface area (Å²) in [5.74, 6) is 1.11. The van der Waals surface area contributed by atoms with Gasteiger partial charge in [0.1, 0.15) is 5.84 Å². The van der Waals surface area contributed by atoms with Crippen molar-refractivity contribution in [3.8, 4) is 11.1 Å². The molecule has 3 aromatic rings. The fourth-order valence-electron chi connectivity index (χ4n) is 4.39. The lowest BCUT2D eigenvalue weighted by Gasteiger charge is -2.14. The van der Waals surface area contributed by atoms with Crippen molar-refractivity contribution in [2.45, 2.75) is 48.5 Å². The predicted octanol–water partition coefficient (Wildman–Crippen LogP) is 9.74. The van der Waals surface area contributed by atoms with E-state index in [-0.39, 0.29) is 0 Å². The maximum Gasteiger partial charge on any atom is 0.156 e. The van der Waals surface area contributed by atoms with Gasteiger partial charge in [-0.3, -0.25) is 4.99 Å². The molecule has 202 valence electrons. The van der Waals surface area contributed by atoms with Crippen molar-refractivity contribution < 1.29 is 0 Å². The Bertz CT molecular complexity index is 1470. The first-order valence-corrected chi connectivity index (χ1v) is 13.8. The van der Waals surface area contributed by atoms with Crippen molar-refractivity contribution in [2.75, 3.05) is 7.05 Å². The van der Waals surface area contributed by atoms with Crippen molar-refractivity contribution in [1.29, 1.82) is 0 Å². The number of hydrogen-bond donors (Lipinski definition) is 1. The maximum atomic E-state index is 6.15. The lowest BCUT2D eigenvalue weighted by molar-refractivity contribution is 1.35. The van der Waals surface area contributed by atoms with Gasteiger partial charge in [-0.2, -0.15) is 0 Å². The second kappa shape index (κ2) is 15.2. The van der Waals surface area contributed by atoms with Gasteiger partial charge in [-0.05, 0) is 71.0 Å². The summed E-state index contributed by atoms with van der Waals surface area (Å²) < 4.78 is 0. The van der Waals surface area contributed by atoms with Gasteiger partial charge in [0.25, 0.3) is 0 Å². The molecular weight excluding hydrogens is 474 g/mol. The monoisotopic (exact) mass is 517 g/mol. The Hall–Kier alpha value is -4.24. The van der Waals surface area contributed by atoms with Crippen molar-refractivity contribution >= 4 is 34.1 Å². The summed E-state index contributed by atoms with van der Waals surface area (Å²) in [7, 11) is 1.72. The molecule has 0 radical (unpaired) electrons. The van der Waals surface area contributed by atoms with Crippen LogP contribution in [0, 0.1) is 6.92 Å². The largest absolute Gasteiger partial charge is 0.383 e. The molecule has 0 unspecified atom stereocenters. The van der Waals surface area contributed by atoms with Gasteiger partial charge in [0.2, 0.25) is 0 Å². The average Bonchev–Trinajstić information content (AvgIpc) is 2.99. The van der Waals surface area contributed by atoms with E-state index in [9.17, 15) is 0 Å². The molecule has 0 aliphatic carbocycles. The van der Waals surface area contributed by atoms with Crippen LogP contribution in [0.25, 0.3) is 33.5 Å². The van der Waals surface area contributed by atoms with E-state index >= 15 is 0 Å². The zero-order chi connectivity index (χ0) is 28.9. The molecule has 1 aliphatic heterocycles.